The molecule has 4 N–H and O–H groups in total. The Morgan fingerprint density at radius 3 is 2.27 bits per heavy atom. The van der Waals surface area contributed by atoms with E-state index in [1.165, 1.54) is 4.90 Å². The molecule has 0 bridgehead atoms. The van der Waals surface area contributed by atoms with E-state index >= 15 is 0 Å². The molecule has 0 rings (SSSR count). The van der Waals surface area contributed by atoms with Crippen LogP contribution in [0.1, 0.15) is 20.3 Å². The summed E-state index contributed by atoms with van der Waals surface area (Å²) in [5.74, 6) is -1.66. The third kappa shape index (κ3) is 6.87. The third-order valence-electron chi connectivity index (χ3n) is 2.06. The van der Waals surface area contributed by atoms with Crippen LogP contribution in [0, 0.1) is 0 Å². The molecule has 6 heteroatoms. The van der Waals surface area contributed by atoms with Gasteiger partial charge in [0.2, 0.25) is 5.91 Å². The average Bonchev–Trinajstić information content (AvgIpc) is 2.00. The van der Waals surface area contributed by atoms with Gasteiger partial charge in [0.1, 0.15) is 0 Å². The van der Waals surface area contributed by atoms with E-state index in [-0.39, 0.29) is 19.6 Å². The second-order valence-corrected chi connectivity index (χ2v) is 3.86. The molecule has 0 fully saturated rings. The summed E-state index contributed by atoms with van der Waals surface area (Å²) in [4.78, 5) is 22.5. The first-order chi connectivity index (χ1) is 6.76. The van der Waals surface area contributed by atoms with Crippen LogP contribution >= 0.6 is 0 Å². The molecular weight excluding hydrogens is 200 g/mol. The fraction of sp³-hybridized carbons (Fsp3) is 0.778. The maximum Gasteiger partial charge on any atom is 0.317 e. The van der Waals surface area contributed by atoms with Crippen molar-refractivity contribution in [3.63, 3.8) is 0 Å². The SMILES string of the molecule is CCC(C)(O)CN(CC(N)=O)CC(=O)O. The average molecular weight is 218 g/mol. The fourth-order valence-electron chi connectivity index (χ4n) is 1.17. The minimum atomic E-state index is -1.05. The zero-order valence-corrected chi connectivity index (χ0v) is 9.06. The summed E-state index contributed by atoms with van der Waals surface area (Å²) >= 11 is 0. The molecule has 0 aliphatic carbocycles. The first kappa shape index (κ1) is 13.9. The topological polar surface area (TPSA) is 104 Å². The number of carboxylic acids is 1. The number of nitrogens with two attached hydrogens (primary N) is 1. The summed E-state index contributed by atoms with van der Waals surface area (Å²) in [5, 5.41) is 18.3. The summed E-state index contributed by atoms with van der Waals surface area (Å²) in [6.07, 6.45) is 0.474. The van der Waals surface area contributed by atoms with Crippen molar-refractivity contribution < 1.29 is 19.8 Å². The summed E-state index contributed by atoms with van der Waals surface area (Å²) < 4.78 is 0. The van der Waals surface area contributed by atoms with E-state index in [0.29, 0.717) is 6.42 Å². The number of aliphatic carboxylic acids is 1. The quantitative estimate of drug-likeness (QED) is 0.509. The molecule has 1 unspecified atom stereocenters. The number of nitrogens with zero attached hydrogens (tertiary/aromatic N) is 1. The summed E-state index contributed by atoms with van der Waals surface area (Å²) in [7, 11) is 0. The highest BCUT2D eigenvalue weighted by Crippen LogP contribution is 2.10. The molecule has 0 radical (unpaired) electrons. The number of aliphatic hydroxyl groups is 1. The zero-order valence-electron chi connectivity index (χ0n) is 9.06. The highest BCUT2D eigenvalue weighted by Gasteiger charge is 2.24. The Kier molecular flexibility index (Phi) is 5.24. The van der Waals surface area contributed by atoms with Gasteiger partial charge in [0, 0.05) is 6.54 Å². The van der Waals surface area contributed by atoms with Gasteiger partial charge >= 0.3 is 5.97 Å². The predicted octanol–water partition coefficient (Wildman–Crippen LogP) is -0.981. The van der Waals surface area contributed by atoms with Gasteiger partial charge in [-0.05, 0) is 13.3 Å². The van der Waals surface area contributed by atoms with Crippen molar-refractivity contribution in [3.05, 3.63) is 0 Å². The van der Waals surface area contributed by atoms with Crippen LogP contribution in [0.4, 0.5) is 0 Å². The fourth-order valence-corrected chi connectivity index (χ4v) is 1.17. The molecule has 0 aromatic heterocycles. The maximum atomic E-state index is 10.7. The largest absolute Gasteiger partial charge is 0.480 e. The smallest absolute Gasteiger partial charge is 0.317 e. The normalized spacial score (nSPS) is 14.9. The number of primary amides is 1. The Morgan fingerprint density at radius 1 is 1.40 bits per heavy atom. The lowest BCUT2D eigenvalue weighted by Gasteiger charge is -2.28. The van der Waals surface area contributed by atoms with Gasteiger partial charge in [0.25, 0.3) is 0 Å². The van der Waals surface area contributed by atoms with Gasteiger partial charge in [0.15, 0.2) is 0 Å². The first-order valence-electron chi connectivity index (χ1n) is 4.71. The molecule has 0 aliphatic heterocycles. The third-order valence-corrected chi connectivity index (χ3v) is 2.06. The van der Waals surface area contributed by atoms with Gasteiger partial charge in [-0.1, -0.05) is 6.92 Å². The van der Waals surface area contributed by atoms with Crippen LogP contribution < -0.4 is 5.73 Å². The van der Waals surface area contributed by atoms with Crippen molar-refractivity contribution >= 4 is 11.9 Å². The van der Waals surface area contributed by atoms with Gasteiger partial charge in [-0.25, -0.2) is 0 Å². The maximum absolute atomic E-state index is 10.7. The van der Waals surface area contributed by atoms with Crippen molar-refractivity contribution in [1.82, 2.24) is 4.90 Å². The van der Waals surface area contributed by atoms with Crippen molar-refractivity contribution in [1.29, 1.82) is 0 Å². The van der Waals surface area contributed by atoms with E-state index < -0.39 is 17.5 Å². The van der Waals surface area contributed by atoms with Crippen LogP contribution in [-0.4, -0.2) is 52.2 Å². The molecule has 0 aliphatic rings. The monoisotopic (exact) mass is 218 g/mol. The van der Waals surface area contributed by atoms with Crippen molar-refractivity contribution in [2.24, 2.45) is 5.73 Å². The van der Waals surface area contributed by atoms with Crippen molar-refractivity contribution in [3.8, 4) is 0 Å². The Hall–Kier alpha value is -1.14. The highest BCUT2D eigenvalue weighted by molar-refractivity contribution is 5.77. The standard InChI is InChI=1S/C9H18N2O4/c1-3-9(2,15)6-11(4-7(10)12)5-8(13)14/h15H,3-6H2,1-2H3,(H2,10,12)(H,13,14). The molecule has 15 heavy (non-hydrogen) atoms. The number of carboxylic acid groups (broad SMARTS) is 1. The second-order valence-electron chi connectivity index (χ2n) is 3.86. The minimum Gasteiger partial charge on any atom is -0.480 e. The Morgan fingerprint density at radius 2 is 1.93 bits per heavy atom. The number of amides is 1. The number of carbonyl (C=O) groups excluding carboxylic acids is 1. The predicted molar refractivity (Wildman–Crippen MR) is 54.2 cm³/mol. The molecule has 1 atom stereocenters. The molecule has 0 aromatic carbocycles. The number of carbonyl (C=O) groups is 2. The first-order valence-corrected chi connectivity index (χ1v) is 4.71. The van der Waals surface area contributed by atoms with Crippen LogP contribution in [-0.2, 0) is 9.59 Å². The van der Waals surface area contributed by atoms with Gasteiger partial charge in [-0.3, -0.25) is 14.5 Å². The van der Waals surface area contributed by atoms with Crippen LogP contribution in [0.3, 0.4) is 0 Å². The van der Waals surface area contributed by atoms with Crippen LogP contribution in [0.25, 0.3) is 0 Å². The van der Waals surface area contributed by atoms with E-state index in [0.717, 1.165) is 0 Å². The molecule has 0 saturated carbocycles. The summed E-state index contributed by atoms with van der Waals surface area (Å²) in [6.45, 7) is 3.01. The van der Waals surface area contributed by atoms with Gasteiger partial charge in [0.05, 0.1) is 18.7 Å². The van der Waals surface area contributed by atoms with Crippen LogP contribution in [0.15, 0.2) is 0 Å². The lowest BCUT2D eigenvalue weighted by Crippen LogP contribution is -2.46. The van der Waals surface area contributed by atoms with Gasteiger partial charge in [-0.15, -0.1) is 0 Å². The highest BCUT2D eigenvalue weighted by atomic mass is 16.4. The van der Waals surface area contributed by atoms with Crippen LogP contribution in [0.2, 0.25) is 0 Å². The second kappa shape index (κ2) is 5.67. The Labute approximate surface area is 88.7 Å². The molecule has 6 nitrogen and oxygen atoms in total. The summed E-state index contributed by atoms with van der Waals surface area (Å²) in [5.41, 5.74) is 3.97. The van der Waals surface area contributed by atoms with E-state index in [9.17, 15) is 14.7 Å². The number of hydrogen-bond acceptors (Lipinski definition) is 4. The molecular formula is C9H18N2O4. The van der Waals surface area contributed by atoms with E-state index in [1.807, 2.05) is 0 Å². The van der Waals surface area contributed by atoms with Crippen molar-refractivity contribution in [2.75, 3.05) is 19.6 Å². The lowest BCUT2D eigenvalue weighted by molar-refractivity contribution is -0.139. The van der Waals surface area contributed by atoms with Gasteiger partial charge < -0.3 is 15.9 Å². The van der Waals surface area contributed by atoms with Crippen LogP contribution in [0.5, 0.6) is 0 Å². The molecule has 1 amide bonds. The lowest BCUT2D eigenvalue weighted by atomic mass is 10.0. The van der Waals surface area contributed by atoms with Gasteiger partial charge in [-0.2, -0.15) is 0 Å². The molecule has 88 valence electrons. The molecule has 0 heterocycles. The molecule has 0 saturated heterocycles. The number of rotatable bonds is 7. The molecule has 0 aromatic rings. The van der Waals surface area contributed by atoms with E-state index in [1.54, 1.807) is 13.8 Å². The minimum absolute atomic E-state index is 0.110. The summed E-state index contributed by atoms with van der Waals surface area (Å²) in [6, 6.07) is 0. The van der Waals surface area contributed by atoms with Crippen molar-refractivity contribution in [2.45, 2.75) is 25.9 Å². The Balaban J connectivity index is 4.36. The Bertz CT molecular complexity index is 224. The molecule has 0 spiro atoms. The zero-order chi connectivity index (χ0) is 12.1. The van der Waals surface area contributed by atoms with E-state index in [4.69, 9.17) is 10.8 Å². The van der Waals surface area contributed by atoms with E-state index in [2.05, 4.69) is 0 Å². The number of hydrogen-bond donors (Lipinski definition) is 3.